The highest BCUT2D eigenvalue weighted by atomic mass is 31.2. The molecule has 0 N–H and O–H groups in total. The summed E-state index contributed by atoms with van der Waals surface area (Å²) in [5.41, 5.74) is -3.80. The number of carbonyl (C=O) groups excluding carboxylic acids is 1. The monoisotopic (exact) mass is 270 g/mol. The van der Waals surface area contributed by atoms with Crippen LogP contribution in [0.3, 0.4) is 0 Å². The van der Waals surface area contributed by atoms with Gasteiger partial charge in [0, 0.05) is 12.5 Å². The molecular formula is C10H17F2O4P. The van der Waals surface area contributed by atoms with Gasteiger partial charge in [0.2, 0.25) is 0 Å². The fourth-order valence-electron chi connectivity index (χ4n) is 0.952. The summed E-state index contributed by atoms with van der Waals surface area (Å²) in [6.07, 6.45) is 1.08. The number of halogens is 2. The van der Waals surface area contributed by atoms with Crippen molar-refractivity contribution in [2.75, 3.05) is 13.2 Å². The smallest absolute Gasteiger partial charge is 0.304 e. The van der Waals surface area contributed by atoms with Gasteiger partial charge in [0.25, 0.3) is 0 Å². The second-order valence-electron chi connectivity index (χ2n) is 3.07. The minimum absolute atomic E-state index is 0.0974. The average Bonchev–Trinajstić information content (AvgIpc) is 2.26. The summed E-state index contributed by atoms with van der Waals surface area (Å²) in [5.74, 6) is -0.482. The maximum atomic E-state index is 13.6. The van der Waals surface area contributed by atoms with Gasteiger partial charge in [0.05, 0.1) is 13.2 Å². The second kappa shape index (κ2) is 6.99. The van der Waals surface area contributed by atoms with Gasteiger partial charge >= 0.3 is 13.3 Å². The number of alkyl halides is 2. The molecule has 0 aromatic carbocycles. The van der Waals surface area contributed by atoms with E-state index in [-0.39, 0.29) is 25.7 Å². The Bertz CT molecular complexity index is 318. The Morgan fingerprint density at radius 1 is 1.24 bits per heavy atom. The summed E-state index contributed by atoms with van der Waals surface area (Å²) in [4.78, 5) is 10.9. The van der Waals surface area contributed by atoms with E-state index in [9.17, 15) is 18.1 Å². The van der Waals surface area contributed by atoms with Crippen LogP contribution in [0, 0.1) is 0 Å². The molecule has 0 atom stereocenters. The molecule has 0 aliphatic rings. The molecule has 0 bridgehead atoms. The van der Waals surface area contributed by atoms with Gasteiger partial charge in [-0.15, -0.1) is 0 Å². The predicted molar refractivity (Wildman–Crippen MR) is 60.2 cm³/mol. The lowest BCUT2D eigenvalue weighted by Gasteiger charge is -2.23. The van der Waals surface area contributed by atoms with E-state index < -0.39 is 19.0 Å². The van der Waals surface area contributed by atoms with Crippen LogP contribution in [-0.2, 0) is 18.4 Å². The minimum atomic E-state index is -4.56. The molecular weight excluding hydrogens is 253 g/mol. The van der Waals surface area contributed by atoms with Crippen molar-refractivity contribution >= 4 is 13.4 Å². The average molecular weight is 270 g/mol. The molecule has 0 fully saturated rings. The zero-order valence-corrected chi connectivity index (χ0v) is 11.0. The van der Waals surface area contributed by atoms with Crippen LogP contribution in [0.25, 0.3) is 0 Å². The normalized spacial score (nSPS) is 13.2. The van der Waals surface area contributed by atoms with Crippen molar-refractivity contribution in [1.82, 2.24) is 0 Å². The van der Waals surface area contributed by atoms with Gasteiger partial charge in [-0.05, 0) is 19.9 Å². The number of hydrogen-bond donors (Lipinski definition) is 0. The van der Waals surface area contributed by atoms with Crippen molar-refractivity contribution in [3.8, 4) is 0 Å². The van der Waals surface area contributed by atoms with E-state index >= 15 is 0 Å². The zero-order valence-electron chi connectivity index (χ0n) is 10.1. The highest BCUT2D eigenvalue weighted by Gasteiger charge is 2.51. The second-order valence-corrected chi connectivity index (χ2v) is 5.18. The molecule has 0 spiro atoms. The van der Waals surface area contributed by atoms with Gasteiger partial charge in [0.1, 0.15) is 0 Å². The van der Waals surface area contributed by atoms with Crippen molar-refractivity contribution in [1.29, 1.82) is 0 Å². The minimum Gasteiger partial charge on any atom is -0.304 e. The van der Waals surface area contributed by atoms with E-state index in [4.69, 9.17) is 0 Å². The molecule has 0 aliphatic carbocycles. The first-order valence-electron chi connectivity index (χ1n) is 5.32. The maximum Gasteiger partial charge on any atom is 0.403 e. The molecule has 0 heterocycles. The van der Waals surface area contributed by atoms with Crippen LogP contribution in [0.5, 0.6) is 0 Å². The van der Waals surface area contributed by atoms with E-state index in [0.717, 1.165) is 0 Å². The quantitative estimate of drug-likeness (QED) is 0.501. The van der Waals surface area contributed by atoms with Gasteiger partial charge in [-0.2, -0.15) is 8.78 Å². The highest BCUT2D eigenvalue weighted by Crippen LogP contribution is 2.62. The van der Waals surface area contributed by atoms with Crippen molar-refractivity contribution in [2.45, 2.75) is 32.9 Å². The van der Waals surface area contributed by atoms with Crippen LogP contribution in [0.15, 0.2) is 12.2 Å². The van der Waals surface area contributed by atoms with E-state index in [0.29, 0.717) is 6.08 Å². The first-order chi connectivity index (χ1) is 7.83. The maximum absolute atomic E-state index is 13.6. The topological polar surface area (TPSA) is 52.6 Å². The van der Waals surface area contributed by atoms with Crippen LogP contribution in [0.1, 0.15) is 27.2 Å². The summed E-state index contributed by atoms with van der Waals surface area (Å²) in [6.45, 7) is 4.08. The summed E-state index contributed by atoms with van der Waals surface area (Å²) in [7, 11) is -4.56. The first kappa shape index (κ1) is 16.4. The van der Waals surface area contributed by atoms with Crippen molar-refractivity contribution in [3.63, 3.8) is 0 Å². The largest absolute Gasteiger partial charge is 0.403 e. The Morgan fingerprint density at radius 3 is 2.06 bits per heavy atom. The van der Waals surface area contributed by atoms with Crippen molar-refractivity contribution < 1.29 is 27.2 Å². The third-order valence-corrected chi connectivity index (χ3v) is 3.86. The fourth-order valence-corrected chi connectivity index (χ4v) is 2.31. The molecule has 4 nitrogen and oxygen atoms in total. The van der Waals surface area contributed by atoms with E-state index in [2.05, 4.69) is 9.05 Å². The number of rotatable bonds is 8. The summed E-state index contributed by atoms with van der Waals surface area (Å²) in [5, 5.41) is 0. The molecule has 0 saturated heterocycles. The molecule has 0 unspecified atom stereocenters. The summed E-state index contributed by atoms with van der Waals surface area (Å²) < 4.78 is 48.0. The Kier molecular flexibility index (Phi) is 6.75. The molecule has 17 heavy (non-hydrogen) atoms. The van der Waals surface area contributed by atoms with Gasteiger partial charge in [0.15, 0.2) is 5.78 Å². The van der Waals surface area contributed by atoms with Gasteiger partial charge < -0.3 is 9.05 Å². The third-order valence-electron chi connectivity index (χ3n) is 1.78. The lowest BCUT2D eigenvalue weighted by atomic mass is 10.3. The molecule has 0 radical (unpaired) electrons. The first-order valence-corrected chi connectivity index (χ1v) is 6.86. The van der Waals surface area contributed by atoms with Crippen molar-refractivity contribution in [2.24, 2.45) is 0 Å². The van der Waals surface area contributed by atoms with Crippen LogP contribution >= 0.6 is 7.60 Å². The molecule has 100 valence electrons. The molecule has 0 aromatic rings. The van der Waals surface area contributed by atoms with Crippen LogP contribution in [-0.4, -0.2) is 24.7 Å². The molecule has 0 aliphatic heterocycles. The third kappa shape index (κ3) is 4.66. The fraction of sp³-hybridized carbons (Fsp3) is 0.700. The highest BCUT2D eigenvalue weighted by molar-refractivity contribution is 7.55. The lowest BCUT2D eigenvalue weighted by molar-refractivity contribution is -0.114. The number of ketones is 1. The SMILES string of the molecule is CCOP(=O)(OCC)C(F)(F)/C=C/C(=O)CC. The summed E-state index contributed by atoms with van der Waals surface area (Å²) >= 11 is 0. The van der Waals surface area contributed by atoms with E-state index in [1.54, 1.807) is 0 Å². The van der Waals surface area contributed by atoms with Crippen LogP contribution < -0.4 is 0 Å². The van der Waals surface area contributed by atoms with Gasteiger partial charge in [-0.1, -0.05) is 6.92 Å². The van der Waals surface area contributed by atoms with Crippen LogP contribution in [0.2, 0.25) is 0 Å². The van der Waals surface area contributed by atoms with E-state index in [1.165, 1.54) is 20.8 Å². The van der Waals surface area contributed by atoms with Crippen molar-refractivity contribution in [3.05, 3.63) is 12.2 Å². The van der Waals surface area contributed by atoms with Gasteiger partial charge in [-0.3, -0.25) is 9.36 Å². The number of allylic oxidation sites excluding steroid dienone is 2. The van der Waals surface area contributed by atoms with Crippen LogP contribution in [0.4, 0.5) is 8.78 Å². The lowest BCUT2D eigenvalue weighted by Crippen LogP contribution is -2.18. The zero-order chi connectivity index (χ0) is 13.5. The molecule has 0 rings (SSSR count). The molecule has 0 saturated carbocycles. The number of hydrogen-bond acceptors (Lipinski definition) is 4. The Hall–Kier alpha value is -0.580. The molecule has 7 heteroatoms. The predicted octanol–water partition coefficient (Wildman–Crippen LogP) is 3.38. The van der Waals surface area contributed by atoms with Gasteiger partial charge in [-0.25, -0.2) is 0 Å². The Balaban J connectivity index is 5.01. The molecule has 0 aromatic heterocycles. The summed E-state index contributed by atoms with van der Waals surface area (Å²) in [6, 6.07) is 0. The number of carbonyl (C=O) groups is 1. The standard InChI is InChI=1S/C10H17F2O4P/c1-4-9(13)7-8-10(11,12)17(14,15-5-2)16-6-3/h7-8H,4-6H2,1-3H3/b8-7+. The Labute approximate surface area is 99.5 Å². The Morgan fingerprint density at radius 2 is 1.71 bits per heavy atom. The van der Waals surface area contributed by atoms with E-state index in [1.807, 2.05) is 0 Å². The molecule has 0 amide bonds.